The summed E-state index contributed by atoms with van der Waals surface area (Å²) >= 11 is 0. The Morgan fingerprint density at radius 2 is 1.86 bits per heavy atom. The molecule has 4 aliphatic rings. The van der Waals surface area contributed by atoms with Gasteiger partial charge in [0.05, 0.1) is 5.71 Å². The molecular weight excluding hydrogens is 370 g/mol. The van der Waals surface area contributed by atoms with Crippen LogP contribution in [0.4, 0.5) is 0 Å². The molecule has 0 spiro atoms. The van der Waals surface area contributed by atoms with E-state index in [9.17, 15) is 14.7 Å². The number of rotatable bonds is 4. The summed E-state index contributed by atoms with van der Waals surface area (Å²) in [4.78, 5) is 27.9. The van der Waals surface area contributed by atoms with Crippen molar-refractivity contribution in [2.45, 2.75) is 77.7 Å². The Kier molecular flexibility index (Phi) is 4.92. The van der Waals surface area contributed by atoms with E-state index in [0.717, 1.165) is 50.7 Å². The number of carboxylic acid groups (broad SMARTS) is 1. The number of carboxylic acids is 1. The summed E-state index contributed by atoms with van der Waals surface area (Å²) < 4.78 is 0. The molecule has 4 rings (SSSR count). The summed E-state index contributed by atoms with van der Waals surface area (Å²) in [7, 11) is 0. The van der Waals surface area contributed by atoms with Gasteiger partial charge >= 0.3 is 5.97 Å². The minimum atomic E-state index is -1.16. The topological polar surface area (TPSA) is 96.2 Å². The fraction of sp³-hybridized carbons (Fsp3) is 0.783. The van der Waals surface area contributed by atoms with Crippen LogP contribution in [0.5, 0.6) is 0 Å². The molecule has 0 unspecified atom stereocenters. The van der Waals surface area contributed by atoms with Gasteiger partial charge in [0.2, 0.25) is 6.61 Å². The van der Waals surface area contributed by atoms with Crippen LogP contribution < -0.4 is 0 Å². The second-order valence-corrected chi connectivity index (χ2v) is 10.2. The van der Waals surface area contributed by atoms with Crippen LogP contribution in [0.3, 0.4) is 0 Å². The van der Waals surface area contributed by atoms with Crippen LogP contribution in [0.1, 0.15) is 72.1 Å². The third kappa shape index (κ3) is 2.97. The largest absolute Gasteiger partial charge is 0.479 e. The van der Waals surface area contributed by atoms with Crippen molar-refractivity contribution < 1.29 is 24.6 Å². The van der Waals surface area contributed by atoms with E-state index >= 15 is 0 Å². The number of fused-ring (bicyclic) bond motifs is 5. The van der Waals surface area contributed by atoms with Crippen molar-refractivity contribution in [1.29, 1.82) is 0 Å². The lowest BCUT2D eigenvalue weighted by atomic mass is 9.46. The third-order valence-corrected chi connectivity index (χ3v) is 9.08. The van der Waals surface area contributed by atoms with Gasteiger partial charge < -0.3 is 15.1 Å². The SMILES string of the molecule is CC(=O)[C@]1(O)CC[C@@H]2[C@H]3CCC4=C/C(=N/OCC(=O)O)CC[C@]4(C)[C@@H]3CC[C@]21C. The molecule has 6 atom stereocenters. The molecular formula is C23H33NO5. The van der Waals surface area contributed by atoms with E-state index in [0.29, 0.717) is 24.2 Å². The number of carbonyl (C=O) groups excluding carboxylic acids is 1. The summed E-state index contributed by atoms with van der Waals surface area (Å²) in [6.45, 7) is 5.67. The first kappa shape index (κ1) is 20.6. The number of nitrogens with zero attached hydrogens (tertiary/aromatic N) is 1. The molecule has 0 amide bonds. The quantitative estimate of drug-likeness (QED) is 0.697. The minimum absolute atomic E-state index is 0.0663. The number of allylic oxidation sites excluding steroid dienone is 2. The van der Waals surface area contributed by atoms with E-state index in [-0.39, 0.29) is 16.6 Å². The molecule has 160 valence electrons. The molecule has 3 saturated carbocycles. The second kappa shape index (κ2) is 6.93. The Balaban J connectivity index is 1.57. The first-order chi connectivity index (χ1) is 13.6. The van der Waals surface area contributed by atoms with Crippen LogP contribution in [0.2, 0.25) is 0 Å². The number of aliphatic hydroxyl groups is 1. The molecule has 0 aromatic carbocycles. The lowest BCUT2D eigenvalue weighted by Crippen LogP contribution is -2.57. The molecule has 0 heterocycles. The van der Waals surface area contributed by atoms with E-state index in [4.69, 9.17) is 9.94 Å². The van der Waals surface area contributed by atoms with Crippen molar-refractivity contribution in [3.05, 3.63) is 11.6 Å². The number of Topliss-reactive ketones (excluding diaryl/α,β-unsaturated/α-hetero) is 1. The van der Waals surface area contributed by atoms with Crippen molar-refractivity contribution in [2.75, 3.05) is 6.61 Å². The second-order valence-electron chi connectivity index (χ2n) is 10.2. The third-order valence-electron chi connectivity index (χ3n) is 9.08. The fourth-order valence-electron chi connectivity index (χ4n) is 7.41. The molecule has 0 aromatic rings. The number of oxime groups is 1. The molecule has 0 saturated heterocycles. The number of aliphatic carboxylic acids is 1. The minimum Gasteiger partial charge on any atom is -0.479 e. The van der Waals surface area contributed by atoms with Crippen LogP contribution in [0.25, 0.3) is 0 Å². The molecule has 2 N–H and O–H groups in total. The molecule has 0 radical (unpaired) electrons. The zero-order chi connectivity index (χ0) is 21.0. The predicted molar refractivity (Wildman–Crippen MR) is 108 cm³/mol. The smallest absolute Gasteiger partial charge is 0.344 e. The van der Waals surface area contributed by atoms with Gasteiger partial charge in [-0.1, -0.05) is 24.6 Å². The van der Waals surface area contributed by atoms with Crippen molar-refractivity contribution in [2.24, 2.45) is 33.7 Å². The van der Waals surface area contributed by atoms with Gasteiger partial charge in [0.25, 0.3) is 0 Å². The summed E-state index contributed by atoms with van der Waals surface area (Å²) in [6, 6.07) is 0. The monoisotopic (exact) mass is 403 g/mol. The molecule has 6 nitrogen and oxygen atoms in total. The summed E-state index contributed by atoms with van der Waals surface area (Å²) in [5, 5.41) is 24.0. The number of ketones is 1. The number of hydrogen-bond acceptors (Lipinski definition) is 5. The zero-order valence-corrected chi connectivity index (χ0v) is 17.7. The predicted octanol–water partition coefficient (Wildman–Crippen LogP) is 3.73. The summed E-state index contributed by atoms with van der Waals surface area (Å²) in [5.74, 6) is 0.434. The van der Waals surface area contributed by atoms with Crippen molar-refractivity contribution >= 4 is 17.5 Å². The van der Waals surface area contributed by atoms with Gasteiger partial charge in [-0.2, -0.15) is 0 Å². The molecule has 0 bridgehead atoms. The number of hydrogen-bond donors (Lipinski definition) is 2. The maximum absolute atomic E-state index is 12.3. The highest BCUT2D eigenvalue weighted by Crippen LogP contribution is 2.67. The van der Waals surface area contributed by atoms with E-state index in [1.54, 1.807) is 6.92 Å². The average molecular weight is 404 g/mol. The van der Waals surface area contributed by atoms with Crippen LogP contribution in [-0.4, -0.2) is 39.9 Å². The van der Waals surface area contributed by atoms with Gasteiger partial charge in [-0.15, -0.1) is 0 Å². The number of carbonyl (C=O) groups is 2. The van der Waals surface area contributed by atoms with Gasteiger partial charge in [0.1, 0.15) is 5.60 Å². The van der Waals surface area contributed by atoms with Gasteiger partial charge in [0, 0.05) is 5.41 Å². The maximum atomic E-state index is 12.3. The standard InChI is InChI=1S/C23H33NO5/c1-14(25)23(28)11-8-19-17-5-4-15-12-16(24-29-13-20(26)27)6-9-21(15,2)18(17)7-10-22(19,23)3/h12,17-19,28H,4-11,13H2,1-3H3,(H,26,27)/b24-16+/t17-,18+,19+,21-,22+,23+/m0/s1. The van der Waals surface area contributed by atoms with Crippen molar-refractivity contribution in [3.8, 4) is 0 Å². The van der Waals surface area contributed by atoms with Crippen molar-refractivity contribution in [1.82, 2.24) is 0 Å². The Hall–Kier alpha value is -1.69. The average Bonchev–Trinajstić information content (AvgIpc) is 2.94. The van der Waals surface area contributed by atoms with Crippen molar-refractivity contribution in [3.63, 3.8) is 0 Å². The maximum Gasteiger partial charge on any atom is 0.344 e. The van der Waals surface area contributed by atoms with E-state index in [1.807, 2.05) is 0 Å². The van der Waals surface area contributed by atoms with Crippen LogP contribution in [0, 0.1) is 28.6 Å². The first-order valence-electron chi connectivity index (χ1n) is 11.0. The normalized spacial score (nSPS) is 45.0. The molecule has 4 aliphatic carbocycles. The highest BCUT2D eigenvalue weighted by atomic mass is 16.6. The lowest BCUT2D eigenvalue weighted by Gasteiger charge is -2.59. The zero-order valence-electron chi connectivity index (χ0n) is 17.7. The van der Waals surface area contributed by atoms with E-state index < -0.39 is 18.2 Å². The molecule has 0 aliphatic heterocycles. The summed E-state index contributed by atoms with van der Waals surface area (Å²) in [5.41, 5.74) is 0.903. The molecule has 29 heavy (non-hydrogen) atoms. The van der Waals surface area contributed by atoms with Gasteiger partial charge in [-0.3, -0.25) is 4.79 Å². The van der Waals surface area contributed by atoms with Gasteiger partial charge in [-0.05, 0) is 87.5 Å². The van der Waals surface area contributed by atoms with Crippen LogP contribution in [-0.2, 0) is 14.4 Å². The van der Waals surface area contributed by atoms with Crippen LogP contribution in [0.15, 0.2) is 16.8 Å². The van der Waals surface area contributed by atoms with Gasteiger partial charge in [-0.25, -0.2) is 4.79 Å². The fourth-order valence-corrected chi connectivity index (χ4v) is 7.41. The van der Waals surface area contributed by atoms with Gasteiger partial charge in [0.15, 0.2) is 5.78 Å². The molecule has 6 heteroatoms. The van der Waals surface area contributed by atoms with Crippen LogP contribution >= 0.6 is 0 Å². The lowest BCUT2D eigenvalue weighted by molar-refractivity contribution is -0.159. The highest BCUT2D eigenvalue weighted by Gasteiger charge is 2.65. The Labute approximate surface area is 172 Å². The molecule has 3 fully saturated rings. The van der Waals surface area contributed by atoms with E-state index in [2.05, 4.69) is 25.1 Å². The Morgan fingerprint density at radius 3 is 2.55 bits per heavy atom. The molecule has 0 aromatic heterocycles. The van der Waals surface area contributed by atoms with E-state index in [1.165, 1.54) is 5.57 Å². The Bertz CT molecular complexity index is 788. The Morgan fingerprint density at radius 1 is 1.14 bits per heavy atom. The first-order valence-corrected chi connectivity index (χ1v) is 11.0. The highest BCUT2D eigenvalue weighted by molar-refractivity contribution is 5.96. The summed E-state index contributed by atoms with van der Waals surface area (Å²) in [6.07, 6.45) is 9.50.